The summed E-state index contributed by atoms with van der Waals surface area (Å²) in [5, 5.41) is 4.22. The number of carbonyl (C=O) groups is 1. The predicted molar refractivity (Wildman–Crippen MR) is 94.2 cm³/mol. The molecule has 3 aromatic heterocycles. The number of fused-ring (bicyclic) bond motifs is 1. The normalized spacial score (nSPS) is 13.6. The molecule has 0 atom stereocenters. The van der Waals surface area contributed by atoms with Crippen molar-refractivity contribution in [3.05, 3.63) is 53.3 Å². The maximum atomic E-state index is 13.0. The molecule has 0 N–H and O–H groups in total. The number of hydrogen-bond donors (Lipinski definition) is 0. The number of amides is 1. The summed E-state index contributed by atoms with van der Waals surface area (Å²) in [4.78, 5) is 32.0. The van der Waals surface area contributed by atoms with E-state index in [1.165, 1.54) is 6.33 Å². The Morgan fingerprint density at radius 2 is 1.92 bits per heavy atom. The van der Waals surface area contributed by atoms with Gasteiger partial charge < -0.3 is 4.90 Å². The first kappa shape index (κ1) is 16.3. The van der Waals surface area contributed by atoms with Crippen molar-refractivity contribution in [2.75, 3.05) is 6.54 Å². The van der Waals surface area contributed by atoms with E-state index in [-0.39, 0.29) is 5.91 Å². The molecule has 8 heteroatoms. The van der Waals surface area contributed by atoms with Crippen molar-refractivity contribution in [3.8, 4) is 11.3 Å². The minimum absolute atomic E-state index is 0.0837. The molecular formula is C18H19N7O. The zero-order chi connectivity index (χ0) is 18.3. The van der Waals surface area contributed by atoms with Gasteiger partial charge in [0.15, 0.2) is 0 Å². The summed E-state index contributed by atoms with van der Waals surface area (Å²) >= 11 is 0. The smallest absolute Gasteiger partial charge is 0.273 e. The molecule has 1 aliphatic heterocycles. The fraction of sp³-hybridized carbons (Fsp3) is 0.333. The Bertz CT molecular complexity index is 995. The second-order valence-electron chi connectivity index (χ2n) is 6.46. The van der Waals surface area contributed by atoms with E-state index in [0.717, 1.165) is 33.8 Å². The molecule has 0 bridgehead atoms. The van der Waals surface area contributed by atoms with Crippen LogP contribution in [0.1, 0.15) is 33.0 Å². The van der Waals surface area contributed by atoms with E-state index in [9.17, 15) is 4.79 Å². The van der Waals surface area contributed by atoms with Crippen LogP contribution in [-0.2, 0) is 20.0 Å². The second kappa shape index (κ2) is 6.29. The van der Waals surface area contributed by atoms with Gasteiger partial charge in [-0.05, 0) is 13.8 Å². The molecule has 0 aromatic carbocycles. The summed E-state index contributed by atoms with van der Waals surface area (Å²) in [6.07, 6.45) is 7.41. The summed E-state index contributed by atoms with van der Waals surface area (Å²) in [5.41, 5.74) is 5.81. The Balaban J connectivity index is 1.69. The monoisotopic (exact) mass is 349 g/mol. The fourth-order valence-electron chi connectivity index (χ4n) is 3.21. The standard InChI is InChI=1S/C18H19N7O/c1-11-12(2)19-9-21-16(11)18(26)25-5-4-15-14(8-25)17(22-10-20-15)13-6-23-24(3)7-13/h6-7,9-10H,4-5,8H2,1-3H3. The highest BCUT2D eigenvalue weighted by Gasteiger charge is 2.27. The van der Waals surface area contributed by atoms with E-state index >= 15 is 0 Å². The van der Waals surface area contributed by atoms with Gasteiger partial charge in [-0.2, -0.15) is 5.10 Å². The molecule has 4 heterocycles. The van der Waals surface area contributed by atoms with Crippen molar-refractivity contribution >= 4 is 5.91 Å². The average Bonchev–Trinajstić information content (AvgIpc) is 3.08. The zero-order valence-corrected chi connectivity index (χ0v) is 15.0. The lowest BCUT2D eigenvalue weighted by atomic mass is 10.0. The highest BCUT2D eigenvalue weighted by molar-refractivity contribution is 5.94. The van der Waals surface area contributed by atoms with Crippen molar-refractivity contribution in [2.24, 2.45) is 7.05 Å². The summed E-state index contributed by atoms with van der Waals surface area (Å²) < 4.78 is 1.74. The van der Waals surface area contributed by atoms with Gasteiger partial charge in [0.1, 0.15) is 18.3 Å². The maximum absolute atomic E-state index is 13.0. The number of aromatic nitrogens is 6. The van der Waals surface area contributed by atoms with Gasteiger partial charge in [0.25, 0.3) is 5.91 Å². The van der Waals surface area contributed by atoms with Gasteiger partial charge >= 0.3 is 0 Å². The Morgan fingerprint density at radius 3 is 2.69 bits per heavy atom. The predicted octanol–water partition coefficient (Wildman–Crippen LogP) is 1.48. The molecular weight excluding hydrogens is 330 g/mol. The van der Waals surface area contributed by atoms with Crippen molar-refractivity contribution in [3.63, 3.8) is 0 Å². The molecule has 0 saturated carbocycles. The summed E-state index contributed by atoms with van der Waals surface area (Å²) in [6, 6.07) is 0. The first-order valence-electron chi connectivity index (χ1n) is 8.44. The van der Waals surface area contributed by atoms with E-state index in [4.69, 9.17) is 0 Å². The van der Waals surface area contributed by atoms with Gasteiger partial charge in [-0.3, -0.25) is 9.48 Å². The molecule has 1 amide bonds. The molecule has 3 aromatic rings. The number of aryl methyl sites for hydroxylation is 2. The first-order chi connectivity index (χ1) is 12.5. The minimum atomic E-state index is -0.0837. The number of nitrogens with zero attached hydrogens (tertiary/aromatic N) is 7. The van der Waals surface area contributed by atoms with Crippen LogP contribution in [0.2, 0.25) is 0 Å². The highest BCUT2D eigenvalue weighted by Crippen LogP contribution is 2.28. The van der Waals surface area contributed by atoms with E-state index in [1.807, 2.05) is 27.1 Å². The van der Waals surface area contributed by atoms with Crippen LogP contribution in [0.4, 0.5) is 0 Å². The van der Waals surface area contributed by atoms with E-state index in [2.05, 4.69) is 25.0 Å². The van der Waals surface area contributed by atoms with Gasteiger partial charge in [0.05, 0.1) is 17.6 Å². The number of rotatable bonds is 2. The highest BCUT2D eigenvalue weighted by atomic mass is 16.2. The third-order valence-electron chi connectivity index (χ3n) is 4.81. The zero-order valence-electron chi connectivity index (χ0n) is 15.0. The number of carbonyl (C=O) groups excluding carboxylic acids is 1. The lowest BCUT2D eigenvalue weighted by Gasteiger charge is -2.29. The Hall–Kier alpha value is -3.16. The number of hydrogen-bond acceptors (Lipinski definition) is 6. The topological polar surface area (TPSA) is 89.7 Å². The SMILES string of the molecule is Cc1ncnc(C(=O)N2CCc3ncnc(-c4cnn(C)c4)c3C2)c1C. The third kappa shape index (κ3) is 2.73. The van der Waals surface area contributed by atoms with Crippen molar-refractivity contribution < 1.29 is 4.79 Å². The summed E-state index contributed by atoms with van der Waals surface area (Å²) in [5.74, 6) is -0.0837. The fourth-order valence-corrected chi connectivity index (χ4v) is 3.21. The van der Waals surface area contributed by atoms with E-state index in [1.54, 1.807) is 22.1 Å². The molecule has 0 radical (unpaired) electrons. The van der Waals surface area contributed by atoms with Gasteiger partial charge in [0.2, 0.25) is 0 Å². The summed E-state index contributed by atoms with van der Waals surface area (Å²) in [7, 11) is 1.87. The Morgan fingerprint density at radius 1 is 1.12 bits per heavy atom. The molecule has 26 heavy (non-hydrogen) atoms. The first-order valence-corrected chi connectivity index (χ1v) is 8.44. The van der Waals surface area contributed by atoms with Crippen LogP contribution in [-0.4, -0.2) is 47.1 Å². The molecule has 0 saturated heterocycles. The van der Waals surface area contributed by atoms with Crippen LogP contribution < -0.4 is 0 Å². The molecule has 1 aliphatic rings. The molecule has 8 nitrogen and oxygen atoms in total. The van der Waals surface area contributed by atoms with Crippen LogP contribution in [0.3, 0.4) is 0 Å². The van der Waals surface area contributed by atoms with Gasteiger partial charge in [-0.15, -0.1) is 0 Å². The van der Waals surface area contributed by atoms with Crippen LogP contribution >= 0.6 is 0 Å². The third-order valence-corrected chi connectivity index (χ3v) is 4.81. The summed E-state index contributed by atoms with van der Waals surface area (Å²) in [6.45, 7) is 4.83. The van der Waals surface area contributed by atoms with Crippen LogP contribution in [0.25, 0.3) is 11.3 Å². The molecule has 0 fully saturated rings. The van der Waals surface area contributed by atoms with Crippen molar-refractivity contribution in [1.82, 2.24) is 34.6 Å². The minimum Gasteiger partial charge on any atom is -0.332 e. The van der Waals surface area contributed by atoms with Crippen molar-refractivity contribution in [1.29, 1.82) is 0 Å². The lowest BCUT2D eigenvalue weighted by molar-refractivity contribution is 0.0726. The van der Waals surface area contributed by atoms with E-state index in [0.29, 0.717) is 25.2 Å². The molecule has 0 aliphatic carbocycles. The van der Waals surface area contributed by atoms with E-state index < -0.39 is 0 Å². The van der Waals surface area contributed by atoms with Crippen LogP contribution in [0.15, 0.2) is 25.0 Å². The Kier molecular flexibility index (Phi) is 3.95. The van der Waals surface area contributed by atoms with Crippen LogP contribution in [0, 0.1) is 13.8 Å². The molecule has 0 unspecified atom stereocenters. The molecule has 132 valence electrons. The Labute approximate surface area is 151 Å². The largest absolute Gasteiger partial charge is 0.332 e. The molecule has 4 rings (SSSR count). The van der Waals surface area contributed by atoms with Gasteiger partial charge in [-0.1, -0.05) is 0 Å². The van der Waals surface area contributed by atoms with Gasteiger partial charge in [0, 0.05) is 55.1 Å². The molecule has 0 spiro atoms. The van der Waals surface area contributed by atoms with Gasteiger partial charge in [-0.25, -0.2) is 19.9 Å². The lowest BCUT2D eigenvalue weighted by Crippen LogP contribution is -2.37. The quantitative estimate of drug-likeness (QED) is 0.696. The maximum Gasteiger partial charge on any atom is 0.273 e. The average molecular weight is 349 g/mol. The van der Waals surface area contributed by atoms with Crippen LogP contribution in [0.5, 0.6) is 0 Å². The second-order valence-corrected chi connectivity index (χ2v) is 6.46. The van der Waals surface area contributed by atoms with Crippen molar-refractivity contribution in [2.45, 2.75) is 26.8 Å².